The molecule has 1 unspecified atom stereocenters. The van der Waals surface area contributed by atoms with E-state index < -0.39 is 0 Å². The molecule has 0 spiro atoms. The van der Waals surface area contributed by atoms with Gasteiger partial charge >= 0.3 is 0 Å². The summed E-state index contributed by atoms with van der Waals surface area (Å²) >= 11 is 12.1. The van der Waals surface area contributed by atoms with Gasteiger partial charge in [-0.05, 0) is 38.6 Å². The quantitative estimate of drug-likeness (QED) is 0.927. The summed E-state index contributed by atoms with van der Waals surface area (Å²) < 4.78 is 2.03. The molecular weight excluding hydrogens is 283 g/mol. The van der Waals surface area contributed by atoms with Crippen molar-refractivity contribution in [2.45, 2.75) is 25.4 Å². The van der Waals surface area contributed by atoms with Crippen LogP contribution in [-0.2, 0) is 6.54 Å². The fourth-order valence-corrected chi connectivity index (χ4v) is 3.07. The van der Waals surface area contributed by atoms with Crippen LogP contribution in [0.15, 0.2) is 12.1 Å². The number of likely N-dealkylation sites (N-methyl/N-ethyl adjacent to an activating group) is 1. The number of nitrogens with two attached hydrogens (primary N) is 1. The van der Waals surface area contributed by atoms with Crippen molar-refractivity contribution < 1.29 is 0 Å². The van der Waals surface area contributed by atoms with Crippen molar-refractivity contribution >= 4 is 40.2 Å². The topological polar surface area (TPSA) is 47.1 Å². The van der Waals surface area contributed by atoms with Gasteiger partial charge in [-0.15, -0.1) is 0 Å². The van der Waals surface area contributed by atoms with E-state index >= 15 is 0 Å². The van der Waals surface area contributed by atoms with E-state index in [0.717, 1.165) is 24.1 Å². The molecule has 1 aromatic heterocycles. The van der Waals surface area contributed by atoms with Crippen molar-refractivity contribution in [2.24, 2.45) is 0 Å². The molecule has 1 saturated heterocycles. The minimum absolute atomic E-state index is 0.508. The highest BCUT2D eigenvalue weighted by molar-refractivity contribution is 6.42. The number of halogens is 2. The van der Waals surface area contributed by atoms with Crippen LogP contribution < -0.4 is 5.73 Å². The van der Waals surface area contributed by atoms with E-state index in [-0.39, 0.29) is 0 Å². The third kappa shape index (κ3) is 2.29. The number of rotatable bonds is 2. The van der Waals surface area contributed by atoms with Crippen LogP contribution in [-0.4, -0.2) is 34.1 Å². The van der Waals surface area contributed by atoms with Crippen LogP contribution in [0.1, 0.15) is 12.8 Å². The van der Waals surface area contributed by atoms with Gasteiger partial charge in [0.2, 0.25) is 5.95 Å². The molecule has 102 valence electrons. The molecule has 0 radical (unpaired) electrons. The molecule has 1 aliphatic heterocycles. The van der Waals surface area contributed by atoms with Gasteiger partial charge in [-0.25, -0.2) is 4.98 Å². The minimum Gasteiger partial charge on any atom is -0.369 e. The highest BCUT2D eigenvalue weighted by atomic mass is 35.5. The number of hydrogen-bond acceptors (Lipinski definition) is 3. The van der Waals surface area contributed by atoms with E-state index in [2.05, 4.69) is 16.9 Å². The summed E-state index contributed by atoms with van der Waals surface area (Å²) in [7, 11) is 2.15. The maximum atomic E-state index is 6.09. The van der Waals surface area contributed by atoms with Crippen molar-refractivity contribution in [3.8, 4) is 0 Å². The second-order valence-corrected chi connectivity index (χ2v) is 5.93. The van der Waals surface area contributed by atoms with E-state index in [9.17, 15) is 0 Å². The first kappa shape index (κ1) is 13.0. The minimum atomic E-state index is 0.508. The third-order valence-corrected chi connectivity index (χ3v) is 4.61. The van der Waals surface area contributed by atoms with Crippen molar-refractivity contribution in [1.29, 1.82) is 0 Å². The predicted octanol–water partition coefficient (Wildman–Crippen LogP) is 3.02. The van der Waals surface area contributed by atoms with Crippen molar-refractivity contribution in [1.82, 2.24) is 14.5 Å². The van der Waals surface area contributed by atoms with Crippen LogP contribution in [0.25, 0.3) is 11.0 Å². The Balaban J connectivity index is 2.02. The molecule has 0 aliphatic carbocycles. The maximum absolute atomic E-state index is 6.09. The van der Waals surface area contributed by atoms with Gasteiger partial charge in [0.05, 0.1) is 21.1 Å². The highest BCUT2D eigenvalue weighted by Gasteiger charge is 2.23. The lowest BCUT2D eigenvalue weighted by atomic mass is 10.2. The molecule has 3 rings (SSSR count). The molecule has 19 heavy (non-hydrogen) atoms. The summed E-state index contributed by atoms with van der Waals surface area (Å²) in [5.41, 5.74) is 7.77. The fourth-order valence-electron chi connectivity index (χ4n) is 2.75. The second kappa shape index (κ2) is 4.85. The Bertz CT molecular complexity index is 623. The Morgan fingerprint density at radius 2 is 2.11 bits per heavy atom. The van der Waals surface area contributed by atoms with Crippen LogP contribution in [0.5, 0.6) is 0 Å². The summed E-state index contributed by atoms with van der Waals surface area (Å²) in [5.74, 6) is 0.522. The van der Waals surface area contributed by atoms with Gasteiger partial charge in [0, 0.05) is 12.6 Å². The molecule has 2 aromatic rings. The first-order valence-electron chi connectivity index (χ1n) is 6.37. The monoisotopic (exact) mass is 298 g/mol. The zero-order valence-electron chi connectivity index (χ0n) is 10.7. The molecule has 4 nitrogen and oxygen atoms in total. The normalized spacial score (nSPS) is 20.5. The molecule has 1 aromatic carbocycles. The lowest BCUT2D eigenvalue weighted by Gasteiger charge is -2.20. The Kier molecular flexibility index (Phi) is 3.33. The zero-order chi connectivity index (χ0) is 13.6. The molecule has 0 bridgehead atoms. The lowest BCUT2D eigenvalue weighted by molar-refractivity contribution is 0.285. The van der Waals surface area contributed by atoms with Gasteiger partial charge in [-0.1, -0.05) is 23.2 Å². The average molecular weight is 299 g/mol. The first-order chi connectivity index (χ1) is 9.06. The van der Waals surface area contributed by atoms with Gasteiger partial charge in [-0.3, -0.25) is 0 Å². The Hall–Kier alpha value is -0.970. The number of nitrogens with zero attached hydrogens (tertiary/aromatic N) is 3. The van der Waals surface area contributed by atoms with Crippen LogP contribution in [0.2, 0.25) is 10.0 Å². The molecule has 6 heteroatoms. The molecular formula is C13H16Cl2N4. The summed E-state index contributed by atoms with van der Waals surface area (Å²) in [6.07, 6.45) is 2.43. The summed E-state index contributed by atoms with van der Waals surface area (Å²) in [6.45, 7) is 1.99. The molecule has 1 fully saturated rings. The highest BCUT2D eigenvalue weighted by Crippen LogP contribution is 2.30. The largest absolute Gasteiger partial charge is 0.369 e. The third-order valence-electron chi connectivity index (χ3n) is 3.88. The first-order valence-corrected chi connectivity index (χ1v) is 7.13. The Morgan fingerprint density at radius 3 is 2.79 bits per heavy atom. The van der Waals surface area contributed by atoms with Crippen LogP contribution >= 0.6 is 23.2 Å². The van der Waals surface area contributed by atoms with Crippen molar-refractivity contribution in [3.63, 3.8) is 0 Å². The molecule has 0 amide bonds. The molecule has 1 aliphatic rings. The SMILES string of the molecule is CN1CCCC1Cn1c(N)nc2cc(Cl)c(Cl)cc21. The second-order valence-electron chi connectivity index (χ2n) is 5.11. The summed E-state index contributed by atoms with van der Waals surface area (Å²) in [4.78, 5) is 6.73. The van der Waals surface area contributed by atoms with E-state index in [1.165, 1.54) is 12.8 Å². The van der Waals surface area contributed by atoms with Gasteiger partial charge in [0.25, 0.3) is 0 Å². The van der Waals surface area contributed by atoms with Gasteiger partial charge in [-0.2, -0.15) is 0 Å². The number of hydrogen-bond donors (Lipinski definition) is 1. The van der Waals surface area contributed by atoms with E-state index in [0.29, 0.717) is 22.0 Å². The predicted molar refractivity (Wildman–Crippen MR) is 79.8 cm³/mol. The van der Waals surface area contributed by atoms with E-state index in [1.807, 2.05) is 10.6 Å². The zero-order valence-corrected chi connectivity index (χ0v) is 12.2. The molecule has 2 heterocycles. The number of nitrogen functional groups attached to an aromatic ring is 1. The van der Waals surface area contributed by atoms with Gasteiger partial charge in [0.15, 0.2) is 0 Å². The number of benzene rings is 1. The van der Waals surface area contributed by atoms with Crippen LogP contribution in [0.3, 0.4) is 0 Å². The number of likely N-dealkylation sites (tertiary alicyclic amines) is 1. The molecule has 0 saturated carbocycles. The Morgan fingerprint density at radius 1 is 1.37 bits per heavy atom. The average Bonchev–Trinajstić information content (AvgIpc) is 2.88. The van der Waals surface area contributed by atoms with Crippen molar-refractivity contribution in [2.75, 3.05) is 19.3 Å². The van der Waals surface area contributed by atoms with E-state index in [1.54, 1.807) is 6.07 Å². The number of anilines is 1. The number of fused-ring (bicyclic) bond motifs is 1. The van der Waals surface area contributed by atoms with Gasteiger partial charge in [0.1, 0.15) is 0 Å². The van der Waals surface area contributed by atoms with Crippen LogP contribution in [0, 0.1) is 0 Å². The molecule has 2 N–H and O–H groups in total. The van der Waals surface area contributed by atoms with Gasteiger partial charge < -0.3 is 15.2 Å². The summed E-state index contributed by atoms with van der Waals surface area (Å²) in [5, 5.41) is 1.05. The van der Waals surface area contributed by atoms with Crippen LogP contribution in [0.4, 0.5) is 5.95 Å². The molecule has 1 atom stereocenters. The Labute approximate surface area is 122 Å². The smallest absolute Gasteiger partial charge is 0.201 e. The fraction of sp³-hybridized carbons (Fsp3) is 0.462. The van der Waals surface area contributed by atoms with E-state index in [4.69, 9.17) is 28.9 Å². The maximum Gasteiger partial charge on any atom is 0.201 e. The number of aromatic nitrogens is 2. The number of imidazole rings is 1. The standard InChI is InChI=1S/C13H16Cl2N4/c1-18-4-2-3-8(18)7-19-12-6-10(15)9(14)5-11(12)17-13(19)16/h5-6,8H,2-4,7H2,1H3,(H2,16,17). The summed E-state index contributed by atoms with van der Waals surface area (Å²) in [6, 6.07) is 4.12. The van der Waals surface area contributed by atoms with Crippen molar-refractivity contribution in [3.05, 3.63) is 22.2 Å². The lowest BCUT2D eigenvalue weighted by Crippen LogP contribution is -2.29.